The number of hydrogen-bond donors (Lipinski definition) is 1. The fourth-order valence-corrected chi connectivity index (χ4v) is 3.60. The third kappa shape index (κ3) is 4.46. The van der Waals surface area contributed by atoms with Gasteiger partial charge >= 0.3 is 0 Å². The second-order valence-corrected chi connectivity index (χ2v) is 6.77. The van der Waals surface area contributed by atoms with Crippen LogP contribution in [0.2, 0.25) is 0 Å². The normalized spacial score (nSPS) is 12.0. The number of thioether (sulfide) groups is 1. The van der Waals surface area contributed by atoms with Crippen LogP contribution >= 0.6 is 23.1 Å². The lowest BCUT2D eigenvalue weighted by Gasteiger charge is -2.17. The number of amides is 1. The summed E-state index contributed by atoms with van der Waals surface area (Å²) in [6, 6.07) is 13.5. The molecular weight excluding hydrogens is 328 g/mol. The van der Waals surface area contributed by atoms with Gasteiger partial charge in [-0.3, -0.25) is 4.79 Å². The van der Waals surface area contributed by atoms with Gasteiger partial charge in [0.05, 0.1) is 17.8 Å². The van der Waals surface area contributed by atoms with Crippen LogP contribution in [0.15, 0.2) is 64.7 Å². The van der Waals surface area contributed by atoms with Crippen molar-refractivity contribution in [2.24, 2.45) is 0 Å². The summed E-state index contributed by atoms with van der Waals surface area (Å²) in [7, 11) is 0. The highest BCUT2D eigenvalue weighted by Crippen LogP contribution is 2.24. The monoisotopic (exact) mass is 344 g/mol. The largest absolute Gasteiger partial charge is 0.468 e. The third-order valence-electron chi connectivity index (χ3n) is 3.19. The van der Waals surface area contributed by atoms with Crippen molar-refractivity contribution in [1.82, 2.24) is 10.3 Å². The zero-order valence-electron chi connectivity index (χ0n) is 12.3. The van der Waals surface area contributed by atoms with Crippen molar-refractivity contribution >= 4 is 29.0 Å². The van der Waals surface area contributed by atoms with E-state index in [1.807, 2.05) is 47.8 Å². The fraction of sp³-hybridized carbons (Fsp3) is 0.176. The van der Waals surface area contributed by atoms with Crippen LogP contribution in [0.4, 0.5) is 0 Å². The van der Waals surface area contributed by atoms with E-state index in [0.29, 0.717) is 11.5 Å². The van der Waals surface area contributed by atoms with Gasteiger partial charge < -0.3 is 9.73 Å². The molecule has 3 aromatic rings. The first kappa shape index (κ1) is 15.8. The van der Waals surface area contributed by atoms with Crippen molar-refractivity contribution in [3.05, 3.63) is 76.6 Å². The molecule has 0 aliphatic heterocycles. The number of hydrogen-bond acceptors (Lipinski definition) is 5. The van der Waals surface area contributed by atoms with E-state index >= 15 is 0 Å². The van der Waals surface area contributed by atoms with Crippen LogP contribution in [-0.2, 0) is 10.5 Å². The topological polar surface area (TPSA) is 55.1 Å². The first-order valence-corrected chi connectivity index (χ1v) is 9.20. The molecule has 0 saturated heterocycles. The number of nitrogens with one attached hydrogen (secondary N) is 1. The summed E-state index contributed by atoms with van der Waals surface area (Å²) >= 11 is 3.07. The Morgan fingerprint density at radius 1 is 1.26 bits per heavy atom. The highest BCUT2D eigenvalue weighted by Gasteiger charge is 2.18. The van der Waals surface area contributed by atoms with E-state index in [1.165, 1.54) is 11.8 Å². The SMILES string of the molecule is O=C(CSCc1ccco1)N[C@@H](c1ccccc1)c1nccs1. The van der Waals surface area contributed by atoms with Crippen LogP contribution in [0.5, 0.6) is 0 Å². The molecule has 1 aromatic carbocycles. The second kappa shape index (κ2) is 7.99. The molecule has 0 bridgehead atoms. The zero-order chi connectivity index (χ0) is 15.9. The van der Waals surface area contributed by atoms with Crippen LogP contribution in [-0.4, -0.2) is 16.6 Å². The smallest absolute Gasteiger partial charge is 0.230 e. The van der Waals surface area contributed by atoms with Crippen molar-refractivity contribution in [3.8, 4) is 0 Å². The molecule has 0 spiro atoms. The lowest BCUT2D eigenvalue weighted by Crippen LogP contribution is -2.30. The van der Waals surface area contributed by atoms with Crippen LogP contribution in [0.1, 0.15) is 22.4 Å². The van der Waals surface area contributed by atoms with E-state index in [1.54, 1.807) is 23.8 Å². The number of rotatable bonds is 7. The van der Waals surface area contributed by atoms with E-state index in [0.717, 1.165) is 16.3 Å². The van der Waals surface area contributed by atoms with Gasteiger partial charge in [-0.1, -0.05) is 30.3 Å². The van der Waals surface area contributed by atoms with Gasteiger partial charge in [0.2, 0.25) is 5.91 Å². The van der Waals surface area contributed by atoms with Gasteiger partial charge in [-0.15, -0.1) is 23.1 Å². The maximum absolute atomic E-state index is 12.3. The molecule has 2 aromatic heterocycles. The van der Waals surface area contributed by atoms with Crippen LogP contribution in [0.25, 0.3) is 0 Å². The molecular formula is C17H16N2O2S2. The molecule has 0 saturated carbocycles. The molecule has 1 N–H and O–H groups in total. The predicted octanol–water partition coefficient (Wildman–Crippen LogP) is 3.88. The van der Waals surface area contributed by atoms with Gasteiger partial charge in [0, 0.05) is 11.6 Å². The number of furan rings is 1. The van der Waals surface area contributed by atoms with Crippen LogP contribution in [0.3, 0.4) is 0 Å². The zero-order valence-corrected chi connectivity index (χ0v) is 14.0. The molecule has 6 heteroatoms. The fourth-order valence-electron chi connectivity index (χ4n) is 2.15. The second-order valence-electron chi connectivity index (χ2n) is 4.85. The molecule has 1 amide bonds. The van der Waals surface area contributed by atoms with Crippen LogP contribution in [0, 0.1) is 0 Å². The molecule has 2 heterocycles. The quantitative estimate of drug-likeness (QED) is 0.707. The molecule has 118 valence electrons. The third-order valence-corrected chi connectivity index (χ3v) is 4.99. The van der Waals surface area contributed by atoms with E-state index < -0.39 is 0 Å². The molecule has 23 heavy (non-hydrogen) atoms. The Morgan fingerprint density at radius 3 is 2.83 bits per heavy atom. The highest BCUT2D eigenvalue weighted by atomic mass is 32.2. The summed E-state index contributed by atoms with van der Waals surface area (Å²) < 4.78 is 5.26. The molecule has 0 aliphatic carbocycles. The molecule has 1 atom stereocenters. The first-order chi connectivity index (χ1) is 11.3. The first-order valence-electron chi connectivity index (χ1n) is 7.17. The van der Waals surface area contributed by atoms with Gasteiger partial charge in [-0.25, -0.2) is 4.98 Å². The van der Waals surface area contributed by atoms with Crippen molar-refractivity contribution < 1.29 is 9.21 Å². The Labute approximate surface area is 142 Å². The summed E-state index contributed by atoms with van der Waals surface area (Å²) in [5.41, 5.74) is 1.03. The molecule has 0 radical (unpaired) electrons. The Balaban J connectivity index is 1.61. The van der Waals surface area contributed by atoms with Crippen molar-refractivity contribution in [2.75, 3.05) is 5.75 Å². The average Bonchev–Trinajstić information content (AvgIpc) is 3.27. The number of thiazole rings is 1. The van der Waals surface area contributed by atoms with Gasteiger partial charge in [-0.2, -0.15) is 0 Å². The molecule has 0 unspecified atom stereocenters. The van der Waals surface area contributed by atoms with Crippen molar-refractivity contribution in [2.45, 2.75) is 11.8 Å². The minimum absolute atomic E-state index is 0.00870. The Kier molecular flexibility index (Phi) is 5.50. The van der Waals surface area contributed by atoms with E-state index in [-0.39, 0.29) is 11.9 Å². The number of aromatic nitrogens is 1. The maximum atomic E-state index is 12.3. The van der Waals surface area contributed by atoms with Crippen LogP contribution < -0.4 is 5.32 Å². The van der Waals surface area contributed by atoms with Crippen molar-refractivity contribution in [1.29, 1.82) is 0 Å². The predicted molar refractivity (Wildman–Crippen MR) is 93.4 cm³/mol. The van der Waals surface area contributed by atoms with Gasteiger partial charge in [0.1, 0.15) is 16.8 Å². The summed E-state index contributed by atoms with van der Waals surface area (Å²) in [5, 5.41) is 5.88. The summed E-state index contributed by atoms with van der Waals surface area (Å²) in [5.74, 6) is 1.94. The lowest BCUT2D eigenvalue weighted by atomic mass is 10.1. The van der Waals surface area contributed by atoms with Gasteiger partial charge in [0.15, 0.2) is 0 Å². The van der Waals surface area contributed by atoms with Gasteiger partial charge in [0.25, 0.3) is 0 Å². The standard InChI is InChI=1S/C17H16N2O2S2/c20-15(12-22-11-14-7-4-9-21-14)19-16(17-18-8-10-23-17)13-5-2-1-3-6-13/h1-10,16H,11-12H2,(H,19,20)/t16-/m0/s1. The number of benzene rings is 1. The number of nitrogens with zero attached hydrogens (tertiary/aromatic N) is 1. The Bertz CT molecular complexity index is 712. The maximum Gasteiger partial charge on any atom is 0.230 e. The highest BCUT2D eigenvalue weighted by molar-refractivity contribution is 7.99. The number of carbonyl (C=O) groups excluding carboxylic acids is 1. The minimum atomic E-state index is -0.201. The number of carbonyl (C=O) groups is 1. The van der Waals surface area contributed by atoms with E-state index in [2.05, 4.69) is 10.3 Å². The summed E-state index contributed by atoms with van der Waals surface area (Å²) in [4.78, 5) is 16.6. The van der Waals surface area contributed by atoms with Crippen molar-refractivity contribution in [3.63, 3.8) is 0 Å². The Morgan fingerprint density at radius 2 is 2.13 bits per heavy atom. The molecule has 3 rings (SSSR count). The summed E-state index contributed by atoms with van der Waals surface area (Å²) in [6.07, 6.45) is 3.40. The van der Waals surface area contributed by atoms with Gasteiger partial charge in [-0.05, 0) is 17.7 Å². The lowest BCUT2D eigenvalue weighted by molar-refractivity contribution is -0.119. The van der Waals surface area contributed by atoms with E-state index in [4.69, 9.17) is 4.42 Å². The average molecular weight is 344 g/mol. The Hall–Kier alpha value is -2.05. The summed E-state index contributed by atoms with van der Waals surface area (Å²) in [6.45, 7) is 0. The molecule has 4 nitrogen and oxygen atoms in total. The molecule has 0 fully saturated rings. The molecule has 0 aliphatic rings. The van der Waals surface area contributed by atoms with E-state index in [9.17, 15) is 4.79 Å². The minimum Gasteiger partial charge on any atom is -0.468 e.